The fourth-order valence-corrected chi connectivity index (χ4v) is 2.21. The van der Waals surface area contributed by atoms with Gasteiger partial charge in [0.2, 0.25) is 9.05 Å². The largest absolute Gasteiger partial charge is 0.497 e. The molecule has 0 radical (unpaired) electrons. The summed E-state index contributed by atoms with van der Waals surface area (Å²) in [5.41, 5.74) is 0.0936. The Kier molecular flexibility index (Phi) is 4.59. The lowest BCUT2D eigenvalue weighted by Crippen LogP contribution is -2.07. The summed E-state index contributed by atoms with van der Waals surface area (Å²) < 4.78 is 45.3. The quantitative estimate of drug-likeness (QED) is 0.778. The van der Waals surface area contributed by atoms with Crippen molar-refractivity contribution in [3.05, 3.63) is 23.8 Å². The second-order valence-corrected chi connectivity index (χ2v) is 6.10. The van der Waals surface area contributed by atoms with Gasteiger partial charge in [-0.25, -0.2) is 12.8 Å². The molecule has 4 nitrogen and oxygen atoms in total. The minimum Gasteiger partial charge on any atom is -0.497 e. The molecule has 0 bridgehead atoms. The average Bonchev–Trinajstić information content (AvgIpc) is 2.25. The van der Waals surface area contributed by atoms with E-state index in [2.05, 4.69) is 0 Å². The van der Waals surface area contributed by atoms with Crippen molar-refractivity contribution in [2.45, 2.75) is 6.17 Å². The van der Waals surface area contributed by atoms with E-state index in [1.54, 1.807) is 6.07 Å². The topological polar surface area (TPSA) is 52.6 Å². The fourth-order valence-electron chi connectivity index (χ4n) is 1.35. The highest BCUT2D eigenvalue weighted by atomic mass is 35.7. The number of halogens is 2. The summed E-state index contributed by atoms with van der Waals surface area (Å²) in [6, 6.07) is 4.47. The van der Waals surface area contributed by atoms with Crippen molar-refractivity contribution in [1.29, 1.82) is 0 Å². The summed E-state index contributed by atoms with van der Waals surface area (Å²) in [7, 11) is 3.89. The van der Waals surface area contributed by atoms with E-state index in [0.29, 0.717) is 5.75 Å². The molecule has 1 aromatic rings. The normalized spacial score (nSPS) is 13.2. The van der Waals surface area contributed by atoms with E-state index < -0.39 is 21.0 Å². The maximum atomic E-state index is 13.8. The molecule has 17 heavy (non-hydrogen) atoms. The van der Waals surface area contributed by atoms with E-state index in [4.69, 9.17) is 20.2 Å². The van der Waals surface area contributed by atoms with Gasteiger partial charge in [-0.2, -0.15) is 0 Å². The summed E-state index contributed by atoms with van der Waals surface area (Å²) in [5, 5.41) is 0. The minimum absolute atomic E-state index is 0.0936. The third-order valence-electron chi connectivity index (χ3n) is 2.12. The number of ether oxygens (including phenoxy) is 2. The van der Waals surface area contributed by atoms with Crippen LogP contribution in [0.2, 0.25) is 0 Å². The molecule has 0 aromatic heterocycles. The van der Waals surface area contributed by atoms with Gasteiger partial charge in [-0.1, -0.05) is 0 Å². The SMILES string of the molecule is COc1ccc(OC)c(C(F)CS(=O)(=O)Cl)c1. The van der Waals surface area contributed by atoms with Crippen LogP contribution in [0.5, 0.6) is 11.5 Å². The van der Waals surface area contributed by atoms with Gasteiger partial charge in [0, 0.05) is 16.2 Å². The first kappa shape index (κ1) is 14.1. The Morgan fingerprint density at radius 3 is 2.47 bits per heavy atom. The van der Waals surface area contributed by atoms with Crippen molar-refractivity contribution < 1.29 is 22.3 Å². The molecule has 1 unspecified atom stereocenters. The molecule has 1 aromatic carbocycles. The van der Waals surface area contributed by atoms with E-state index in [-0.39, 0.29) is 11.3 Å². The zero-order valence-electron chi connectivity index (χ0n) is 9.31. The Hall–Kier alpha value is -1.01. The summed E-state index contributed by atoms with van der Waals surface area (Å²) in [4.78, 5) is 0. The zero-order chi connectivity index (χ0) is 13.1. The highest BCUT2D eigenvalue weighted by Crippen LogP contribution is 2.32. The molecular weight excluding hydrogens is 271 g/mol. The highest BCUT2D eigenvalue weighted by molar-refractivity contribution is 8.13. The monoisotopic (exact) mass is 282 g/mol. The van der Waals surface area contributed by atoms with Crippen LogP contribution in [0.25, 0.3) is 0 Å². The molecule has 0 spiro atoms. The number of alkyl halides is 1. The number of hydrogen-bond acceptors (Lipinski definition) is 4. The van der Waals surface area contributed by atoms with E-state index >= 15 is 0 Å². The number of hydrogen-bond donors (Lipinski definition) is 0. The van der Waals surface area contributed by atoms with E-state index in [1.807, 2.05) is 0 Å². The zero-order valence-corrected chi connectivity index (χ0v) is 10.9. The summed E-state index contributed by atoms with van der Waals surface area (Å²) in [5.74, 6) is -0.146. The lowest BCUT2D eigenvalue weighted by molar-refractivity contribution is 0.344. The molecule has 0 aliphatic rings. The molecule has 0 fully saturated rings. The lowest BCUT2D eigenvalue weighted by atomic mass is 10.1. The fraction of sp³-hybridized carbons (Fsp3) is 0.400. The van der Waals surface area contributed by atoms with Crippen molar-refractivity contribution in [2.75, 3.05) is 20.0 Å². The van der Waals surface area contributed by atoms with E-state index in [0.717, 1.165) is 0 Å². The average molecular weight is 283 g/mol. The van der Waals surface area contributed by atoms with Crippen molar-refractivity contribution >= 4 is 19.7 Å². The molecule has 96 valence electrons. The van der Waals surface area contributed by atoms with Crippen molar-refractivity contribution in [3.63, 3.8) is 0 Å². The highest BCUT2D eigenvalue weighted by Gasteiger charge is 2.22. The van der Waals surface area contributed by atoms with Gasteiger partial charge in [-0.15, -0.1) is 0 Å². The molecule has 0 aliphatic carbocycles. The Morgan fingerprint density at radius 1 is 1.35 bits per heavy atom. The van der Waals surface area contributed by atoms with Crippen LogP contribution in [0.4, 0.5) is 4.39 Å². The van der Waals surface area contributed by atoms with Gasteiger partial charge in [-0.05, 0) is 18.2 Å². The van der Waals surface area contributed by atoms with Crippen molar-refractivity contribution in [3.8, 4) is 11.5 Å². The Bertz CT molecular complexity index is 489. The third kappa shape index (κ3) is 4.05. The molecule has 0 N–H and O–H groups in total. The Morgan fingerprint density at radius 2 is 2.00 bits per heavy atom. The molecule has 7 heteroatoms. The van der Waals surface area contributed by atoms with E-state index in [9.17, 15) is 12.8 Å². The number of benzene rings is 1. The van der Waals surface area contributed by atoms with Crippen LogP contribution in [-0.4, -0.2) is 28.4 Å². The standard InChI is InChI=1S/C10H12ClFO4S/c1-15-7-3-4-10(16-2)8(5-7)9(12)6-17(11,13)14/h3-5,9H,6H2,1-2H3. The van der Waals surface area contributed by atoms with Crippen LogP contribution in [0.15, 0.2) is 18.2 Å². The number of methoxy groups -OCH3 is 2. The molecule has 0 aliphatic heterocycles. The molecule has 0 heterocycles. The first-order valence-electron chi connectivity index (χ1n) is 4.65. The summed E-state index contributed by atoms with van der Waals surface area (Å²) in [6.07, 6.45) is -1.76. The van der Waals surface area contributed by atoms with Gasteiger partial charge in [0.15, 0.2) is 0 Å². The van der Waals surface area contributed by atoms with Gasteiger partial charge in [0.25, 0.3) is 0 Å². The van der Waals surface area contributed by atoms with Crippen molar-refractivity contribution in [1.82, 2.24) is 0 Å². The van der Waals surface area contributed by atoms with Crippen LogP contribution < -0.4 is 9.47 Å². The molecule has 0 saturated carbocycles. The van der Waals surface area contributed by atoms with Crippen LogP contribution >= 0.6 is 10.7 Å². The van der Waals surface area contributed by atoms with Crippen LogP contribution in [0.1, 0.15) is 11.7 Å². The van der Waals surface area contributed by atoms with Crippen LogP contribution in [-0.2, 0) is 9.05 Å². The summed E-state index contributed by atoms with van der Waals surface area (Å²) >= 11 is 0. The third-order valence-corrected chi connectivity index (χ3v) is 3.19. The van der Waals surface area contributed by atoms with Crippen LogP contribution in [0, 0.1) is 0 Å². The van der Waals surface area contributed by atoms with Gasteiger partial charge < -0.3 is 9.47 Å². The molecule has 0 saturated heterocycles. The molecular formula is C10H12ClFO4S. The summed E-state index contributed by atoms with van der Waals surface area (Å²) in [6.45, 7) is 0. The second kappa shape index (κ2) is 5.55. The predicted octanol–water partition coefficient (Wildman–Crippen LogP) is 2.28. The molecule has 1 rings (SSSR count). The Balaban J connectivity index is 3.09. The smallest absolute Gasteiger partial charge is 0.235 e. The maximum Gasteiger partial charge on any atom is 0.235 e. The Labute approximate surface area is 104 Å². The number of rotatable bonds is 5. The maximum absolute atomic E-state index is 13.8. The second-order valence-electron chi connectivity index (χ2n) is 3.28. The van der Waals surface area contributed by atoms with Gasteiger partial charge in [0.1, 0.15) is 23.4 Å². The predicted molar refractivity (Wildman–Crippen MR) is 63.0 cm³/mol. The van der Waals surface area contributed by atoms with Crippen LogP contribution in [0.3, 0.4) is 0 Å². The first-order valence-corrected chi connectivity index (χ1v) is 7.13. The first-order chi connectivity index (χ1) is 7.87. The van der Waals surface area contributed by atoms with E-state index in [1.165, 1.54) is 26.4 Å². The molecule has 0 amide bonds. The van der Waals surface area contributed by atoms with Gasteiger partial charge in [-0.3, -0.25) is 0 Å². The van der Waals surface area contributed by atoms with Crippen molar-refractivity contribution in [2.24, 2.45) is 0 Å². The minimum atomic E-state index is -3.92. The van der Waals surface area contributed by atoms with Gasteiger partial charge in [0.05, 0.1) is 14.2 Å². The molecule has 1 atom stereocenters. The lowest BCUT2D eigenvalue weighted by Gasteiger charge is -2.13. The van der Waals surface area contributed by atoms with Gasteiger partial charge >= 0.3 is 0 Å².